The van der Waals surface area contributed by atoms with Gasteiger partial charge in [-0.2, -0.15) is 0 Å². The Balaban J connectivity index is 2.32. The summed E-state index contributed by atoms with van der Waals surface area (Å²) in [5, 5.41) is -0.0970. The van der Waals surface area contributed by atoms with Crippen LogP contribution in [0.15, 0.2) is 34.1 Å². The van der Waals surface area contributed by atoms with E-state index < -0.39 is 5.91 Å². The number of carbonyl (C=O) groups is 2. The van der Waals surface area contributed by atoms with Crippen molar-refractivity contribution in [2.75, 3.05) is 5.75 Å². The predicted molar refractivity (Wildman–Crippen MR) is 80.7 cm³/mol. The topological polar surface area (TPSA) is 60.2 Å². The molecule has 1 aliphatic rings. The third kappa shape index (κ3) is 3.24. The van der Waals surface area contributed by atoms with Crippen molar-refractivity contribution in [3.05, 3.63) is 45.5 Å². The molecule has 1 aliphatic heterocycles. The van der Waals surface area contributed by atoms with E-state index in [9.17, 15) is 14.0 Å². The summed E-state index contributed by atoms with van der Waals surface area (Å²) in [4.78, 5) is 23.5. The SMILES string of the molecule is CCSC1=C(C(N)=O)C(=O)CC(c2ccc(F)cc2)S1. The van der Waals surface area contributed by atoms with Crippen LogP contribution >= 0.6 is 23.5 Å². The maximum Gasteiger partial charge on any atom is 0.254 e. The van der Waals surface area contributed by atoms with Gasteiger partial charge in [0, 0.05) is 11.7 Å². The van der Waals surface area contributed by atoms with Crippen LogP contribution in [0.1, 0.15) is 24.2 Å². The number of hydrogen-bond acceptors (Lipinski definition) is 4. The van der Waals surface area contributed by atoms with Gasteiger partial charge in [0.25, 0.3) is 5.91 Å². The summed E-state index contributed by atoms with van der Waals surface area (Å²) in [7, 11) is 0. The Hall–Kier alpha value is -1.27. The zero-order valence-corrected chi connectivity index (χ0v) is 12.5. The van der Waals surface area contributed by atoms with E-state index in [1.165, 1.54) is 35.7 Å². The van der Waals surface area contributed by atoms with Gasteiger partial charge in [-0.1, -0.05) is 19.1 Å². The summed E-state index contributed by atoms with van der Waals surface area (Å²) in [6, 6.07) is 6.09. The summed E-state index contributed by atoms with van der Waals surface area (Å²) >= 11 is 2.89. The molecule has 1 aromatic carbocycles. The van der Waals surface area contributed by atoms with Crippen LogP contribution in [0.25, 0.3) is 0 Å². The first-order valence-corrected chi connectivity index (χ1v) is 8.01. The van der Waals surface area contributed by atoms with E-state index in [2.05, 4.69) is 0 Å². The molecule has 1 aromatic rings. The van der Waals surface area contributed by atoms with Crippen LogP contribution in [0.3, 0.4) is 0 Å². The van der Waals surface area contributed by atoms with Gasteiger partial charge in [-0.05, 0) is 23.4 Å². The van der Waals surface area contributed by atoms with E-state index in [1.54, 1.807) is 12.1 Å². The number of benzene rings is 1. The summed E-state index contributed by atoms with van der Waals surface area (Å²) in [6.07, 6.45) is 0.211. The van der Waals surface area contributed by atoms with Gasteiger partial charge >= 0.3 is 0 Å². The van der Waals surface area contributed by atoms with Crippen LogP contribution in [0.4, 0.5) is 4.39 Å². The Morgan fingerprint density at radius 3 is 2.65 bits per heavy atom. The quantitative estimate of drug-likeness (QED) is 0.868. The molecular formula is C14H14FNO2S2. The van der Waals surface area contributed by atoms with E-state index in [0.29, 0.717) is 4.24 Å². The number of carbonyl (C=O) groups excluding carboxylic acids is 2. The van der Waals surface area contributed by atoms with Crippen molar-refractivity contribution in [3.8, 4) is 0 Å². The van der Waals surface area contributed by atoms with Gasteiger partial charge in [0.15, 0.2) is 5.78 Å². The first kappa shape index (κ1) is 15.1. The minimum Gasteiger partial charge on any atom is -0.365 e. The fourth-order valence-corrected chi connectivity index (χ4v) is 4.67. The summed E-state index contributed by atoms with van der Waals surface area (Å²) in [6.45, 7) is 1.95. The highest BCUT2D eigenvalue weighted by Crippen LogP contribution is 2.47. The number of thioether (sulfide) groups is 2. The van der Waals surface area contributed by atoms with Crippen LogP contribution in [-0.2, 0) is 9.59 Å². The first-order chi connectivity index (χ1) is 9.52. The number of hydrogen-bond donors (Lipinski definition) is 1. The monoisotopic (exact) mass is 311 g/mol. The highest BCUT2D eigenvalue weighted by molar-refractivity contribution is 8.22. The minimum atomic E-state index is -0.670. The molecular weight excluding hydrogens is 297 g/mol. The molecule has 2 rings (SSSR count). The van der Waals surface area contributed by atoms with Gasteiger partial charge in [-0.3, -0.25) is 9.59 Å². The Labute approximate surface area is 125 Å². The molecule has 0 fully saturated rings. The lowest BCUT2D eigenvalue weighted by atomic mass is 10.0. The Kier molecular flexibility index (Phi) is 4.88. The maximum atomic E-state index is 12.9. The molecule has 2 N–H and O–H groups in total. The van der Waals surface area contributed by atoms with Crippen molar-refractivity contribution < 1.29 is 14.0 Å². The molecule has 1 heterocycles. The number of rotatable bonds is 4. The molecule has 1 amide bonds. The largest absolute Gasteiger partial charge is 0.365 e. The van der Waals surface area contributed by atoms with Gasteiger partial charge in [-0.15, -0.1) is 23.5 Å². The van der Waals surface area contributed by atoms with E-state index >= 15 is 0 Å². The second-order valence-corrected chi connectivity index (χ2v) is 6.99. The molecule has 1 unspecified atom stereocenters. The van der Waals surface area contributed by atoms with Gasteiger partial charge in [0.2, 0.25) is 0 Å². The average molecular weight is 311 g/mol. The Morgan fingerprint density at radius 2 is 2.10 bits per heavy atom. The number of halogens is 1. The molecule has 0 aliphatic carbocycles. The number of Topliss-reactive ketones (excluding diaryl/α,β-unsaturated/α-hetero) is 1. The molecule has 20 heavy (non-hydrogen) atoms. The highest BCUT2D eigenvalue weighted by atomic mass is 32.2. The molecule has 0 saturated carbocycles. The van der Waals surface area contributed by atoms with Crippen molar-refractivity contribution in [3.63, 3.8) is 0 Å². The van der Waals surface area contributed by atoms with Crippen molar-refractivity contribution in [1.82, 2.24) is 0 Å². The fraction of sp³-hybridized carbons (Fsp3) is 0.286. The number of amides is 1. The maximum absolute atomic E-state index is 12.9. The average Bonchev–Trinajstić information content (AvgIpc) is 2.38. The van der Waals surface area contributed by atoms with Crippen LogP contribution in [0.5, 0.6) is 0 Å². The summed E-state index contributed by atoms with van der Waals surface area (Å²) in [5.41, 5.74) is 6.28. The predicted octanol–water partition coefficient (Wildman–Crippen LogP) is 3.02. The van der Waals surface area contributed by atoms with Crippen molar-refractivity contribution in [1.29, 1.82) is 0 Å². The standard InChI is InChI=1S/C14H14FNO2S2/c1-2-19-14-12(13(16)18)10(17)7-11(20-14)8-3-5-9(15)6-4-8/h3-6,11H,2,7H2,1H3,(H2,16,18). The Bertz CT molecular complexity index is 569. The summed E-state index contributed by atoms with van der Waals surface area (Å²) in [5.74, 6) is -0.461. The van der Waals surface area contributed by atoms with Crippen LogP contribution in [-0.4, -0.2) is 17.4 Å². The Morgan fingerprint density at radius 1 is 1.45 bits per heavy atom. The van der Waals surface area contributed by atoms with E-state index in [4.69, 9.17) is 5.73 Å². The molecule has 3 nitrogen and oxygen atoms in total. The second kappa shape index (κ2) is 6.45. The molecule has 1 atom stereocenters. The minimum absolute atomic E-state index is 0.0970. The van der Waals surface area contributed by atoms with E-state index in [1.807, 2.05) is 6.92 Å². The van der Waals surface area contributed by atoms with Crippen molar-refractivity contribution >= 4 is 35.2 Å². The lowest BCUT2D eigenvalue weighted by Crippen LogP contribution is -2.25. The van der Waals surface area contributed by atoms with Crippen LogP contribution in [0, 0.1) is 5.82 Å². The molecule has 0 radical (unpaired) electrons. The lowest BCUT2D eigenvalue weighted by molar-refractivity contribution is -0.121. The number of nitrogens with two attached hydrogens (primary N) is 1. The van der Waals surface area contributed by atoms with Crippen LogP contribution < -0.4 is 5.73 Å². The molecule has 6 heteroatoms. The number of primary amides is 1. The third-order valence-corrected chi connectivity index (χ3v) is 5.41. The molecule has 0 spiro atoms. The zero-order valence-electron chi connectivity index (χ0n) is 10.9. The summed E-state index contributed by atoms with van der Waals surface area (Å²) < 4.78 is 13.6. The van der Waals surface area contributed by atoms with Gasteiger partial charge < -0.3 is 5.73 Å². The van der Waals surface area contributed by atoms with E-state index in [0.717, 1.165) is 11.3 Å². The van der Waals surface area contributed by atoms with Gasteiger partial charge in [-0.25, -0.2) is 4.39 Å². The third-order valence-electron chi connectivity index (χ3n) is 2.87. The van der Waals surface area contributed by atoms with Crippen LogP contribution in [0.2, 0.25) is 0 Å². The van der Waals surface area contributed by atoms with E-state index in [-0.39, 0.29) is 28.8 Å². The second-order valence-electron chi connectivity index (χ2n) is 4.25. The van der Waals surface area contributed by atoms with Gasteiger partial charge in [0.1, 0.15) is 11.4 Å². The number of ketones is 1. The highest BCUT2D eigenvalue weighted by Gasteiger charge is 2.32. The molecule has 0 bridgehead atoms. The normalized spacial score (nSPS) is 19.3. The fourth-order valence-electron chi connectivity index (χ4n) is 1.95. The first-order valence-electron chi connectivity index (χ1n) is 6.15. The lowest BCUT2D eigenvalue weighted by Gasteiger charge is -2.24. The molecule has 106 valence electrons. The smallest absolute Gasteiger partial charge is 0.254 e. The van der Waals surface area contributed by atoms with Crippen molar-refractivity contribution in [2.24, 2.45) is 5.73 Å². The molecule has 0 saturated heterocycles. The molecule has 0 aromatic heterocycles. The van der Waals surface area contributed by atoms with Crippen molar-refractivity contribution in [2.45, 2.75) is 18.6 Å². The zero-order chi connectivity index (χ0) is 14.7. The van der Waals surface area contributed by atoms with Gasteiger partial charge in [0.05, 0.1) is 4.24 Å².